The van der Waals surface area contributed by atoms with E-state index >= 15 is 0 Å². The van der Waals surface area contributed by atoms with Crippen LogP contribution >= 0.6 is 0 Å². The van der Waals surface area contributed by atoms with E-state index in [9.17, 15) is 0 Å². The summed E-state index contributed by atoms with van der Waals surface area (Å²) in [6, 6.07) is 0. The first-order chi connectivity index (χ1) is 5.96. The Morgan fingerprint density at radius 3 is 2.38 bits per heavy atom. The topological polar surface area (TPSA) is 32.3 Å². The summed E-state index contributed by atoms with van der Waals surface area (Å²) in [5.74, 6) is 0.666. The molecule has 0 saturated heterocycles. The largest absolute Gasteiger partial charge is 0.396 e. The molecule has 1 saturated carbocycles. The minimum atomic E-state index is 0.179. The quantitative estimate of drug-likeness (QED) is 0.702. The van der Waals surface area contributed by atoms with Crippen molar-refractivity contribution in [3.63, 3.8) is 0 Å². The van der Waals surface area contributed by atoms with Gasteiger partial charge in [0.25, 0.3) is 0 Å². The van der Waals surface area contributed by atoms with Crippen LogP contribution in [0.1, 0.15) is 40.0 Å². The monoisotopic (exact) mass is 185 g/mol. The lowest BCUT2D eigenvalue weighted by Crippen LogP contribution is -2.46. The van der Waals surface area contributed by atoms with Crippen molar-refractivity contribution in [3.05, 3.63) is 0 Å². The van der Waals surface area contributed by atoms with Crippen LogP contribution in [-0.4, -0.2) is 24.3 Å². The Balaban J connectivity index is 2.76. The summed E-state index contributed by atoms with van der Waals surface area (Å²) >= 11 is 0. The van der Waals surface area contributed by atoms with E-state index in [4.69, 9.17) is 5.11 Å². The van der Waals surface area contributed by atoms with Crippen molar-refractivity contribution in [2.45, 2.75) is 45.6 Å². The standard InChI is InChI=1S/C11H23NO/c1-9-7-10(2,3)8-11(9,12-4)5-6-13/h9,12-13H,5-8H2,1-4H3. The van der Waals surface area contributed by atoms with Gasteiger partial charge in [-0.05, 0) is 37.6 Å². The Hall–Kier alpha value is -0.0800. The highest BCUT2D eigenvalue weighted by Crippen LogP contribution is 2.48. The first kappa shape index (κ1) is 11.0. The molecule has 2 atom stereocenters. The second kappa shape index (κ2) is 3.58. The Morgan fingerprint density at radius 1 is 1.46 bits per heavy atom. The van der Waals surface area contributed by atoms with E-state index in [1.165, 1.54) is 12.8 Å². The maximum absolute atomic E-state index is 9.07. The molecule has 2 heteroatoms. The zero-order chi connectivity index (χ0) is 10.1. The van der Waals surface area contributed by atoms with E-state index < -0.39 is 0 Å². The fourth-order valence-electron chi connectivity index (χ4n) is 3.12. The number of nitrogens with one attached hydrogen (secondary N) is 1. The normalized spacial score (nSPS) is 38.1. The fraction of sp³-hybridized carbons (Fsp3) is 1.00. The van der Waals surface area contributed by atoms with E-state index in [2.05, 4.69) is 26.1 Å². The van der Waals surface area contributed by atoms with Gasteiger partial charge in [0.15, 0.2) is 0 Å². The highest BCUT2D eigenvalue weighted by atomic mass is 16.3. The van der Waals surface area contributed by atoms with Crippen molar-refractivity contribution in [2.75, 3.05) is 13.7 Å². The minimum absolute atomic E-state index is 0.179. The Labute approximate surface area is 81.7 Å². The Kier molecular flexibility index (Phi) is 3.03. The van der Waals surface area contributed by atoms with E-state index in [-0.39, 0.29) is 5.54 Å². The van der Waals surface area contributed by atoms with Crippen LogP contribution < -0.4 is 5.32 Å². The fourth-order valence-corrected chi connectivity index (χ4v) is 3.12. The summed E-state index contributed by atoms with van der Waals surface area (Å²) in [4.78, 5) is 0. The van der Waals surface area contributed by atoms with Crippen molar-refractivity contribution < 1.29 is 5.11 Å². The van der Waals surface area contributed by atoms with E-state index in [1.807, 2.05) is 7.05 Å². The summed E-state index contributed by atoms with van der Waals surface area (Å²) in [5.41, 5.74) is 0.607. The number of aliphatic hydroxyl groups is 1. The summed E-state index contributed by atoms with van der Waals surface area (Å²) in [6.07, 6.45) is 3.32. The number of rotatable bonds is 3. The second-order valence-corrected chi connectivity index (χ2v) is 5.33. The first-order valence-electron chi connectivity index (χ1n) is 5.25. The minimum Gasteiger partial charge on any atom is -0.396 e. The average Bonchev–Trinajstić information content (AvgIpc) is 2.23. The molecular weight excluding hydrogens is 162 g/mol. The van der Waals surface area contributed by atoms with Gasteiger partial charge in [0, 0.05) is 12.1 Å². The number of aliphatic hydroxyl groups excluding tert-OH is 1. The Bertz CT molecular complexity index is 179. The molecule has 0 amide bonds. The van der Waals surface area contributed by atoms with Crippen LogP contribution in [0, 0.1) is 11.3 Å². The van der Waals surface area contributed by atoms with Crippen molar-refractivity contribution in [1.29, 1.82) is 0 Å². The van der Waals surface area contributed by atoms with Crippen LogP contribution in [0.15, 0.2) is 0 Å². The molecule has 1 aliphatic rings. The molecule has 1 fully saturated rings. The van der Waals surface area contributed by atoms with Gasteiger partial charge >= 0.3 is 0 Å². The predicted molar refractivity (Wildman–Crippen MR) is 55.7 cm³/mol. The molecule has 78 valence electrons. The Morgan fingerprint density at radius 2 is 2.08 bits per heavy atom. The molecule has 0 bridgehead atoms. The van der Waals surface area contributed by atoms with Gasteiger partial charge in [-0.2, -0.15) is 0 Å². The van der Waals surface area contributed by atoms with Crippen LogP contribution in [0.5, 0.6) is 0 Å². The lowest BCUT2D eigenvalue weighted by molar-refractivity contribution is 0.181. The molecule has 2 unspecified atom stereocenters. The van der Waals surface area contributed by atoms with Gasteiger partial charge < -0.3 is 10.4 Å². The highest BCUT2D eigenvalue weighted by molar-refractivity contribution is 5.03. The van der Waals surface area contributed by atoms with Gasteiger partial charge in [-0.25, -0.2) is 0 Å². The molecule has 0 spiro atoms. The van der Waals surface area contributed by atoms with E-state index in [0.29, 0.717) is 17.9 Å². The van der Waals surface area contributed by atoms with Crippen molar-refractivity contribution in [1.82, 2.24) is 5.32 Å². The van der Waals surface area contributed by atoms with Gasteiger partial charge in [-0.3, -0.25) is 0 Å². The maximum Gasteiger partial charge on any atom is 0.0448 e. The summed E-state index contributed by atoms with van der Waals surface area (Å²) in [5, 5.41) is 12.5. The van der Waals surface area contributed by atoms with Gasteiger partial charge in [0.05, 0.1) is 0 Å². The average molecular weight is 185 g/mol. The van der Waals surface area contributed by atoms with Crippen LogP contribution in [0.4, 0.5) is 0 Å². The molecule has 2 N–H and O–H groups in total. The predicted octanol–water partition coefficient (Wildman–Crippen LogP) is 1.78. The van der Waals surface area contributed by atoms with E-state index in [0.717, 1.165) is 6.42 Å². The zero-order valence-electron chi connectivity index (χ0n) is 9.35. The molecule has 0 aromatic heterocycles. The van der Waals surface area contributed by atoms with Gasteiger partial charge in [0.1, 0.15) is 0 Å². The molecule has 1 rings (SSSR count). The van der Waals surface area contributed by atoms with Gasteiger partial charge in [-0.1, -0.05) is 20.8 Å². The van der Waals surface area contributed by atoms with Crippen LogP contribution in [-0.2, 0) is 0 Å². The van der Waals surface area contributed by atoms with Gasteiger partial charge in [-0.15, -0.1) is 0 Å². The lowest BCUT2D eigenvalue weighted by atomic mass is 9.84. The molecule has 0 aromatic carbocycles. The number of hydrogen-bond acceptors (Lipinski definition) is 2. The molecule has 0 aromatic rings. The van der Waals surface area contributed by atoms with Crippen molar-refractivity contribution in [3.8, 4) is 0 Å². The van der Waals surface area contributed by atoms with Gasteiger partial charge in [0.2, 0.25) is 0 Å². The molecule has 2 nitrogen and oxygen atoms in total. The third kappa shape index (κ3) is 2.05. The third-order valence-corrected chi connectivity index (χ3v) is 3.65. The zero-order valence-corrected chi connectivity index (χ0v) is 9.35. The summed E-state index contributed by atoms with van der Waals surface area (Å²) < 4.78 is 0. The third-order valence-electron chi connectivity index (χ3n) is 3.65. The molecule has 1 aliphatic carbocycles. The van der Waals surface area contributed by atoms with Crippen molar-refractivity contribution >= 4 is 0 Å². The van der Waals surface area contributed by atoms with Crippen LogP contribution in [0.25, 0.3) is 0 Å². The first-order valence-corrected chi connectivity index (χ1v) is 5.25. The molecule has 0 radical (unpaired) electrons. The number of hydrogen-bond donors (Lipinski definition) is 2. The smallest absolute Gasteiger partial charge is 0.0448 e. The maximum atomic E-state index is 9.07. The summed E-state index contributed by atoms with van der Waals surface area (Å²) in [6.45, 7) is 7.22. The van der Waals surface area contributed by atoms with E-state index in [1.54, 1.807) is 0 Å². The van der Waals surface area contributed by atoms with Crippen LogP contribution in [0.3, 0.4) is 0 Å². The van der Waals surface area contributed by atoms with Crippen molar-refractivity contribution in [2.24, 2.45) is 11.3 Å². The second-order valence-electron chi connectivity index (χ2n) is 5.33. The molecular formula is C11H23NO. The molecule has 0 heterocycles. The van der Waals surface area contributed by atoms with Crippen LogP contribution in [0.2, 0.25) is 0 Å². The molecule has 0 aliphatic heterocycles. The lowest BCUT2D eigenvalue weighted by Gasteiger charge is -2.33. The SMILES string of the molecule is CNC1(CCO)CC(C)(C)CC1C. The highest BCUT2D eigenvalue weighted by Gasteiger charge is 2.46. The molecule has 13 heavy (non-hydrogen) atoms. The summed E-state index contributed by atoms with van der Waals surface area (Å²) in [7, 11) is 2.02.